The normalized spacial score (nSPS) is 11.2. The SMILES string of the molecule is Cc1nn(CCN(C)C)c(C)c1C. The number of aromatic nitrogens is 2. The summed E-state index contributed by atoms with van der Waals surface area (Å²) in [5.41, 5.74) is 3.76. The highest BCUT2D eigenvalue weighted by molar-refractivity contribution is 5.21. The van der Waals surface area contributed by atoms with Crippen LogP contribution in [0, 0.1) is 20.8 Å². The van der Waals surface area contributed by atoms with Gasteiger partial charge in [-0.1, -0.05) is 0 Å². The largest absolute Gasteiger partial charge is 0.308 e. The fourth-order valence-corrected chi connectivity index (χ4v) is 1.30. The number of aryl methyl sites for hydroxylation is 1. The maximum atomic E-state index is 4.47. The van der Waals surface area contributed by atoms with Crippen LogP contribution in [-0.2, 0) is 6.54 Å². The molecule has 0 bridgehead atoms. The second-order valence-corrected chi connectivity index (χ2v) is 3.82. The lowest BCUT2D eigenvalue weighted by molar-refractivity contribution is 0.370. The first-order valence-corrected chi connectivity index (χ1v) is 4.67. The number of nitrogens with zero attached hydrogens (tertiary/aromatic N) is 3. The maximum Gasteiger partial charge on any atom is 0.0625 e. The molecule has 0 saturated heterocycles. The van der Waals surface area contributed by atoms with Crippen molar-refractivity contribution in [3.05, 3.63) is 17.0 Å². The Hall–Kier alpha value is -0.830. The molecule has 1 aromatic rings. The molecular formula is C10H19N3. The van der Waals surface area contributed by atoms with E-state index in [1.165, 1.54) is 11.3 Å². The van der Waals surface area contributed by atoms with Gasteiger partial charge < -0.3 is 4.90 Å². The van der Waals surface area contributed by atoms with E-state index in [-0.39, 0.29) is 0 Å². The first-order chi connectivity index (χ1) is 6.02. The van der Waals surface area contributed by atoms with Crippen LogP contribution in [0.4, 0.5) is 0 Å². The molecule has 0 N–H and O–H groups in total. The Morgan fingerprint density at radius 1 is 1.23 bits per heavy atom. The van der Waals surface area contributed by atoms with Gasteiger partial charge in [-0.3, -0.25) is 4.68 Å². The molecule has 0 unspecified atom stereocenters. The molecule has 3 nitrogen and oxygen atoms in total. The zero-order chi connectivity index (χ0) is 10.0. The zero-order valence-corrected chi connectivity index (χ0v) is 9.26. The lowest BCUT2D eigenvalue weighted by atomic mass is 10.2. The van der Waals surface area contributed by atoms with Crippen LogP contribution >= 0.6 is 0 Å². The smallest absolute Gasteiger partial charge is 0.0625 e. The van der Waals surface area contributed by atoms with Crippen molar-refractivity contribution in [1.29, 1.82) is 0 Å². The average molecular weight is 181 g/mol. The summed E-state index contributed by atoms with van der Waals surface area (Å²) in [5.74, 6) is 0. The molecule has 1 rings (SSSR count). The van der Waals surface area contributed by atoms with Crippen molar-refractivity contribution in [2.45, 2.75) is 27.3 Å². The van der Waals surface area contributed by atoms with E-state index < -0.39 is 0 Å². The Morgan fingerprint density at radius 2 is 1.85 bits per heavy atom. The minimum atomic E-state index is 0.980. The second kappa shape index (κ2) is 3.92. The molecule has 1 aromatic heterocycles. The van der Waals surface area contributed by atoms with E-state index in [9.17, 15) is 0 Å². The van der Waals surface area contributed by atoms with Crippen molar-refractivity contribution in [2.75, 3.05) is 20.6 Å². The van der Waals surface area contributed by atoms with Crippen LogP contribution in [0.2, 0.25) is 0 Å². The van der Waals surface area contributed by atoms with E-state index in [1.807, 2.05) is 0 Å². The molecule has 0 amide bonds. The van der Waals surface area contributed by atoms with Crippen LogP contribution in [0.1, 0.15) is 17.0 Å². The lowest BCUT2D eigenvalue weighted by Crippen LogP contribution is -2.19. The summed E-state index contributed by atoms with van der Waals surface area (Å²) in [5, 5.41) is 4.47. The molecule has 0 aliphatic carbocycles. The van der Waals surface area contributed by atoms with E-state index in [0.717, 1.165) is 18.8 Å². The van der Waals surface area contributed by atoms with Crippen molar-refractivity contribution in [3.8, 4) is 0 Å². The Labute approximate surface area is 80.4 Å². The monoisotopic (exact) mass is 181 g/mol. The van der Waals surface area contributed by atoms with Crippen LogP contribution in [-0.4, -0.2) is 35.3 Å². The van der Waals surface area contributed by atoms with Crippen LogP contribution < -0.4 is 0 Å². The molecule has 0 fully saturated rings. The maximum absolute atomic E-state index is 4.47. The highest BCUT2D eigenvalue weighted by Gasteiger charge is 2.06. The van der Waals surface area contributed by atoms with Crippen LogP contribution in [0.5, 0.6) is 0 Å². The van der Waals surface area contributed by atoms with Gasteiger partial charge in [0.05, 0.1) is 12.2 Å². The molecule has 1 heterocycles. The summed E-state index contributed by atoms with van der Waals surface area (Å²) >= 11 is 0. The Kier molecular flexibility index (Phi) is 3.09. The molecule has 0 saturated carbocycles. The third-order valence-corrected chi connectivity index (χ3v) is 2.50. The summed E-state index contributed by atoms with van der Waals surface area (Å²) in [4.78, 5) is 2.17. The third-order valence-electron chi connectivity index (χ3n) is 2.50. The van der Waals surface area contributed by atoms with Gasteiger partial charge in [-0.25, -0.2) is 0 Å². The highest BCUT2D eigenvalue weighted by Crippen LogP contribution is 2.10. The summed E-state index contributed by atoms with van der Waals surface area (Å²) < 4.78 is 2.09. The fraction of sp³-hybridized carbons (Fsp3) is 0.700. The van der Waals surface area contributed by atoms with Crippen molar-refractivity contribution >= 4 is 0 Å². The minimum Gasteiger partial charge on any atom is -0.308 e. The Bertz CT molecular complexity index is 287. The predicted octanol–water partition coefficient (Wildman–Crippen LogP) is 1.37. The highest BCUT2D eigenvalue weighted by atomic mass is 15.3. The van der Waals surface area contributed by atoms with Gasteiger partial charge in [0.1, 0.15) is 0 Å². The van der Waals surface area contributed by atoms with Gasteiger partial charge in [0.15, 0.2) is 0 Å². The van der Waals surface area contributed by atoms with Crippen LogP contribution in [0.3, 0.4) is 0 Å². The standard InChI is InChI=1S/C10H19N3/c1-8-9(2)11-13(10(8)3)7-6-12(4)5/h6-7H2,1-5H3. The summed E-state index contributed by atoms with van der Waals surface area (Å²) in [6.45, 7) is 8.35. The number of likely N-dealkylation sites (N-methyl/N-ethyl adjacent to an activating group) is 1. The first-order valence-electron chi connectivity index (χ1n) is 4.67. The van der Waals surface area contributed by atoms with Gasteiger partial charge in [0, 0.05) is 12.2 Å². The second-order valence-electron chi connectivity index (χ2n) is 3.82. The van der Waals surface area contributed by atoms with Gasteiger partial charge in [-0.15, -0.1) is 0 Å². The molecule has 74 valence electrons. The molecular weight excluding hydrogens is 162 g/mol. The number of rotatable bonds is 3. The summed E-state index contributed by atoms with van der Waals surface area (Å²) in [7, 11) is 4.16. The minimum absolute atomic E-state index is 0.980. The average Bonchev–Trinajstić information content (AvgIpc) is 2.29. The predicted molar refractivity (Wildman–Crippen MR) is 55.0 cm³/mol. The number of hydrogen-bond donors (Lipinski definition) is 0. The van der Waals surface area contributed by atoms with E-state index in [1.54, 1.807) is 0 Å². The third kappa shape index (κ3) is 2.31. The fourth-order valence-electron chi connectivity index (χ4n) is 1.30. The van der Waals surface area contributed by atoms with E-state index >= 15 is 0 Å². The van der Waals surface area contributed by atoms with Crippen molar-refractivity contribution in [2.24, 2.45) is 0 Å². The van der Waals surface area contributed by atoms with Gasteiger partial charge in [0.25, 0.3) is 0 Å². The molecule has 0 aromatic carbocycles. The molecule has 3 heteroatoms. The molecule has 13 heavy (non-hydrogen) atoms. The van der Waals surface area contributed by atoms with E-state index in [0.29, 0.717) is 0 Å². The molecule has 0 radical (unpaired) electrons. The number of hydrogen-bond acceptors (Lipinski definition) is 2. The quantitative estimate of drug-likeness (QED) is 0.702. The molecule has 0 atom stereocenters. The van der Waals surface area contributed by atoms with Gasteiger partial charge in [-0.05, 0) is 40.4 Å². The Morgan fingerprint density at radius 3 is 2.23 bits per heavy atom. The van der Waals surface area contributed by atoms with Crippen molar-refractivity contribution < 1.29 is 0 Å². The molecule has 0 spiro atoms. The van der Waals surface area contributed by atoms with Gasteiger partial charge in [-0.2, -0.15) is 5.10 Å². The van der Waals surface area contributed by atoms with E-state index in [2.05, 4.69) is 49.5 Å². The summed E-state index contributed by atoms with van der Waals surface area (Å²) in [6, 6.07) is 0. The van der Waals surface area contributed by atoms with Gasteiger partial charge >= 0.3 is 0 Å². The topological polar surface area (TPSA) is 21.1 Å². The van der Waals surface area contributed by atoms with Gasteiger partial charge in [0.2, 0.25) is 0 Å². The zero-order valence-electron chi connectivity index (χ0n) is 9.26. The molecule has 0 aliphatic heterocycles. The molecule has 0 aliphatic rings. The van der Waals surface area contributed by atoms with Crippen LogP contribution in [0.25, 0.3) is 0 Å². The first kappa shape index (κ1) is 10.3. The van der Waals surface area contributed by atoms with Crippen molar-refractivity contribution in [3.63, 3.8) is 0 Å². The van der Waals surface area contributed by atoms with Crippen molar-refractivity contribution in [1.82, 2.24) is 14.7 Å². The van der Waals surface area contributed by atoms with Crippen LogP contribution in [0.15, 0.2) is 0 Å². The van der Waals surface area contributed by atoms with E-state index in [4.69, 9.17) is 0 Å². The lowest BCUT2D eigenvalue weighted by Gasteiger charge is -2.10. The Balaban J connectivity index is 2.72. The summed E-state index contributed by atoms with van der Waals surface area (Å²) in [6.07, 6.45) is 0.